The Morgan fingerprint density at radius 1 is 1.15 bits per heavy atom. The zero-order valence-corrected chi connectivity index (χ0v) is 8.58. The normalized spacial score (nSPS) is 42.5. The second-order valence-electron chi connectivity index (χ2n) is 4.80. The quantitative estimate of drug-likeness (QED) is 0.668. The molecule has 13 heavy (non-hydrogen) atoms. The first-order valence-corrected chi connectivity index (χ1v) is 5.69. The summed E-state index contributed by atoms with van der Waals surface area (Å²) in [6, 6.07) is 0.478. The molecule has 1 saturated carbocycles. The van der Waals surface area contributed by atoms with E-state index in [0.717, 1.165) is 12.3 Å². The number of aliphatic hydroxyl groups excluding tert-OH is 1. The minimum absolute atomic E-state index is 0.0469. The Morgan fingerprint density at radius 3 is 2.54 bits per heavy atom. The highest BCUT2D eigenvalue weighted by Crippen LogP contribution is 2.29. The lowest BCUT2D eigenvalue weighted by molar-refractivity contribution is 0.0161. The smallest absolute Gasteiger partial charge is 0.0695 e. The second-order valence-corrected chi connectivity index (χ2v) is 4.80. The van der Waals surface area contributed by atoms with E-state index in [-0.39, 0.29) is 6.10 Å². The average molecular weight is 183 g/mol. The van der Waals surface area contributed by atoms with Gasteiger partial charge in [0, 0.05) is 6.04 Å². The van der Waals surface area contributed by atoms with Gasteiger partial charge in [0.25, 0.3) is 0 Å². The van der Waals surface area contributed by atoms with Gasteiger partial charge in [0.05, 0.1) is 6.10 Å². The van der Waals surface area contributed by atoms with Gasteiger partial charge in [-0.25, -0.2) is 0 Å². The third-order valence-electron chi connectivity index (χ3n) is 3.65. The van der Waals surface area contributed by atoms with Crippen molar-refractivity contribution in [3.05, 3.63) is 0 Å². The summed E-state index contributed by atoms with van der Waals surface area (Å²) in [5, 5.41) is 9.91. The molecule has 0 spiro atoms. The molecule has 1 N–H and O–H groups in total. The molecule has 2 rings (SSSR count). The number of rotatable bonds is 1. The van der Waals surface area contributed by atoms with E-state index in [0.29, 0.717) is 6.04 Å². The van der Waals surface area contributed by atoms with Crippen LogP contribution >= 0.6 is 0 Å². The van der Waals surface area contributed by atoms with Crippen molar-refractivity contribution >= 4 is 0 Å². The van der Waals surface area contributed by atoms with Crippen molar-refractivity contribution in [1.29, 1.82) is 0 Å². The Balaban J connectivity index is 1.94. The van der Waals surface area contributed by atoms with E-state index in [1.165, 1.54) is 38.8 Å². The third kappa shape index (κ3) is 2.05. The number of aliphatic hydroxyl groups is 1. The predicted molar refractivity (Wildman–Crippen MR) is 53.6 cm³/mol. The van der Waals surface area contributed by atoms with Gasteiger partial charge in [-0.05, 0) is 51.1 Å². The highest BCUT2D eigenvalue weighted by molar-refractivity contribution is 4.87. The second kappa shape index (κ2) is 3.97. The van der Waals surface area contributed by atoms with Crippen LogP contribution in [0.2, 0.25) is 0 Å². The SMILES string of the molecule is CC1CCC(O)C(N2CCCC2)C1. The maximum absolute atomic E-state index is 9.91. The van der Waals surface area contributed by atoms with E-state index in [9.17, 15) is 5.11 Å². The molecular formula is C11H21NO. The molecule has 76 valence electrons. The average Bonchev–Trinajstić information content (AvgIpc) is 2.61. The van der Waals surface area contributed by atoms with Crippen LogP contribution in [0.1, 0.15) is 39.0 Å². The molecule has 1 aliphatic carbocycles. The highest BCUT2D eigenvalue weighted by Gasteiger charge is 2.32. The van der Waals surface area contributed by atoms with Crippen molar-refractivity contribution in [2.75, 3.05) is 13.1 Å². The van der Waals surface area contributed by atoms with Gasteiger partial charge in [-0.3, -0.25) is 4.90 Å². The van der Waals surface area contributed by atoms with E-state index in [4.69, 9.17) is 0 Å². The van der Waals surface area contributed by atoms with Crippen molar-refractivity contribution in [3.8, 4) is 0 Å². The molecular weight excluding hydrogens is 162 g/mol. The van der Waals surface area contributed by atoms with Crippen LogP contribution in [0.25, 0.3) is 0 Å². The first-order valence-electron chi connectivity index (χ1n) is 5.69. The fourth-order valence-corrected chi connectivity index (χ4v) is 2.80. The molecule has 3 unspecified atom stereocenters. The van der Waals surface area contributed by atoms with Crippen LogP contribution in [0.15, 0.2) is 0 Å². The minimum Gasteiger partial charge on any atom is -0.391 e. The molecule has 0 aromatic heterocycles. The summed E-state index contributed by atoms with van der Waals surface area (Å²) >= 11 is 0. The lowest BCUT2D eigenvalue weighted by Gasteiger charge is -2.37. The van der Waals surface area contributed by atoms with Gasteiger partial charge in [0.2, 0.25) is 0 Å². The van der Waals surface area contributed by atoms with E-state index >= 15 is 0 Å². The molecule has 1 saturated heterocycles. The topological polar surface area (TPSA) is 23.5 Å². The van der Waals surface area contributed by atoms with Gasteiger partial charge in [-0.15, -0.1) is 0 Å². The fraction of sp³-hybridized carbons (Fsp3) is 1.00. The Morgan fingerprint density at radius 2 is 1.85 bits per heavy atom. The molecule has 0 bridgehead atoms. The molecule has 2 heteroatoms. The Kier molecular flexibility index (Phi) is 2.89. The highest BCUT2D eigenvalue weighted by atomic mass is 16.3. The maximum Gasteiger partial charge on any atom is 0.0695 e. The molecule has 2 aliphatic rings. The predicted octanol–water partition coefficient (Wildman–Crippen LogP) is 1.63. The van der Waals surface area contributed by atoms with E-state index < -0.39 is 0 Å². The number of hydrogen-bond donors (Lipinski definition) is 1. The number of nitrogens with zero attached hydrogens (tertiary/aromatic N) is 1. The van der Waals surface area contributed by atoms with Crippen molar-refractivity contribution in [2.24, 2.45) is 5.92 Å². The van der Waals surface area contributed by atoms with E-state index in [1.807, 2.05) is 0 Å². The van der Waals surface area contributed by atoms with Crippen LogP contribution in [-0.2, 0) is 0 Å². The summed E-state index contributed by atoms with van der Waals surface area (Å²) in [5.74, 6) is 0.814. The fourth-order valence-electron chi connectivity index (χ4n) is 2.80. The monoisotopic (exact) mass is 183 g/mol. The van der Waals surface area contributed by atoms with Crippen LogP contribution < -0.4 is 0 Å². The Hall–Kier alpha value is -0.0800. The van der Waals surface area contributed by atoms with Gasteiger partial charge in [0.15, 0.2) is 0 Å². The third-order valence-corrected chi connectivity index (χ3v) is 3.65. The molecule has 2 fully saturated rings. The van der Waals surface area contributed by atoms with Gasteiger partial charge < -0.3 is 5.11 Å². The van der Waals surface area contributed by atoms with Crippen LogP contribution in [-0.4, -0.2) is 35.2 Å². The van der Waals surface area contributed by atoms with E-state index in [2.05, 4.69) is 11.8 Å². The van der Waals surface area contributed by atoms with Crippen molar-refractivity contribution in [3.63, 3.8) is 0 Å². The molecule has 1 aliphatic heterocycles. The molecule has 3 atom stereocenters. The minimum atomic E-state index is -0.0469. The zero-order valence-electron chi connectivity index (χ0n) is 8.58. The number of likely N-dealkylation sites (tertiary alicyclic amines) is 1. The molecule has 0 aromatic carbocycles. The molecule has 0 radical (unpaired) electrons. The van der Waals surface area contributed by atoms with Crippen molar-refractivity contribution < 1.29 is 5.11 Å². The summed E-state index contributed by atoms with van der Waals surface area (Å²) < 4.78 is 0. The van der Waals surface area contributed by atoms with E-state index in [1.54, 1.807) is 0 Å². The standard InChI is InChI=1S/C11H21NO/c1-9-4-5-11(13)10(8-9)12-6-2-3-7-12/h9-11,13H,2-8H2,1H3. The van der Waals surface area contributed by atoms with Crippen LogP contribution in [0.3, 0.4) is 0 Å². The maximum atomic E-state index is 9.91. The molecule has 1 heterocycles. The summed E-state index contributed by atoms with van der Waals surface area (Å²) in [6.07, 6.45) is 6.05. The van der Waals surface area contributed by atoms with Gasteiger partial charge in [-0.1, -0.05) is 6.92 Å². The zero-order chi connectivity index (χ0) is 9.26. The number of hydrogen-bond acceptors (Lipinski definition) is 2. The summed E-state index contributed by atoms with van der Waals surface area (Å²) in [4.78, 5) is 2.50. The van der Waals surface area contributed by atoms with Crippen LogP contribution in [0.5, 0.6) is 0 Å². The Labute approximate surface area is 80.9 Å². The lowest BCUT2D eigenvalue weighted by atomic mass is 9.84. The summed E-state index contributed by atoms with van der Waals surface area (Å²) in [5.41, 5.74) is 0. The lowest BCUT2D eigenvalue weighted by Crippen LogP contribution is -2.45. The first-order chi connectivity index (χ1) is 6.27. The molecule has 2 nitrogen and oxygen atoms in total. The molecule has 0 amide bonds. The summed E-state index contributed by atoms with van der Waals surface area (Å²) in [7, 11) is 0. The van der Waals surface area contributed by atoms with Crippen LogP contribution in [0.4, 0.5) is 0 Å². The first kappa shape index (κ1) is 9.47. The van der Waals surface area contributed by atoms with Gasteiger partial charge in [0.1, 0.15) is 0 Å². The van der Waals surface area contributed by atoms with Gasteiger partial charge >= 0.3 is 0 Å². The van der Waals surface area contributed by atoms with Crippen molar-refractivity contribution in [1.82, 2.24) is 4.90 Å². The largest absolute Gasteiger partial charge is 0.391 e. The molecule has 0 aromatic rings. The van der Waals surface area contributed by atoms with Gasteiger partial charge in [-0.2, -0.15) is 0 Å². The van der Waals surface area contributed by atoms with Crippen molar-refractivity contribution in [2.45, 2.75) is 51.2 Å². The van der Waals surface area contributed by atoms with Crippen LogP contribution in [0, 0.1) is 5.92 Å². The summed E-state index contributed by atoms with van der Waals surface area (Å²) in [6.45, 7) is 4.75. The Bertz CT molecular complexity index is 165.